The minimum atomic E-state index is -0.703. The highest BCUT2D eigenvalue weighted by Gasteiger charge is 2.18. The van der Waals surface area contributed by atoms with Crippen molar-refractivity contribution in [3.8, 4) is 5.75 Å². The van der Waals surface area contributed by atoms with Crippen molar-refractivity contribution in [2.75, 3.05) is 13.1 Å². The average molecular weight is 238 g/mol. The minimum Gasteiger partial charge on any atom is -0.508 e. The van der Waals surface area contributed by atoms with E-state index in [4.69, 9.17) is 5.11 Å². The molecule has 1 saturated heterocycles. The zero-order valence-corrected chi connectivity index (χ0v) is 9.37. The van der Waals surface area contributed by atoms with Gasteiger partial charge in [0, 0.05) is 18.7 Å². The van der Waals surface area contributed by atoms with Gasteiger partial charge in [0.25, 0.3) is 5.91 Å². The Bertz CT molecular complexity index is 417. The van der Waals surface area contributed by atoms with Crippen LogP contribution in [0.25, 0.3) is 0 Å². The fourth-order valence-corrected chi connectivity index (χ4v) is 1.93. The van der Waals surface area contributed by atoms with Crippen molar-refractivity contribution in [1.82, 2.24) is 10.6 Å². The third-order valence-corrected chi connectivity index (χ3v) is 2.83. The van der Waals surface area contributed by atoms with Crippen LogP contribution in [0.1, 0.15) is 23.2 Å². The third-order valence-electron chi connectivity index (χ3n) is 2.83. The van der Waals surface area contributed by atoms with E-state index >= 15 is 0 Å². The molecule has 17 heavy (non-hydrogen) atoms. The number of nitrogens with one attached hydrogen (secondary N) is 2. The maximum Gasteiger partial charge on any atom is 0.254 e. The van der Waals surface area contributed by atoms with Crippen LogP contribution < -0.4 is 10.6 Å². The van der Waals surface area contributed by atoms with Gasteiger partial charge in [-0.3, -0.25) is 4.79 Å². The van der Waals surface area contributed by atoms with Gasteiger partial charge in [0.1, 0.15) is 11.6 Å². The Kier molecular flexibility index (Phi) is 3.58. The molecule has 0 saturated carbocycles. The molecule has 0 aromatic heterocycles. The zero-order chi connectivity index (χ0) is 12.3. The van der Waals surface area contributed by atoms with E-state index in [1.54, 1.807) is 0 Å². The van der Waals surface area contributed by atoms with Gasteiger partial charge < -0.3 is 15.7 Å². The molecule has 1 atom stereocenters. The van der Waals surface area contributed by atoms with Crippen molar-refractivity contribution in [3.63, 3.8) is 0 Å². The maximum atomic E-state index is 13.4. The number of carbonyl (C=O) groups excluding carboxylic acids is 1. The topological polar surface area (TPSA) is 61.4 Å². The summed E-state index contributed by atoms with van der Waals surface area (Å²) in [5.74, 6) is -1.32. The lowest BCUT2D eigenvalue weighted by molar-refractivity contribution is 0.0926. The summed E-state index contributed by atoms with van der Waals surface area (Å²) in [6, 6.07) is 3.57. The summed E-state index contributed by atoms with van der Waals surface area (Å²) >= 11 is 0. The summed E-state index contributed by atoms with van der Waals surface area (Å²) in [5, 5.41) is 15.0. The first-order valence-corrected chi connectivity index (χ1v) is 5.67. The van der Waals surface area contributed by atoms with Crippen LogP contribution in [0.2, 0.25) is 0 Å². The molecule has 0 radical (unpaired) electrons. The smallest absolute Gasteiger partial charge is 0.254 e. The predicted molar refractivity (Wildman–Crippen MR) is 61.4 cm³/mol. The second kappa shape index (κ2) is 5.14. The van der Waals surface area contributed by atoms with Gasteiger partial charge in [-0.2, -0.15) is 0 Å². The number of phenols is 1. The third kappa shape index (κ3) is 2.94. The zero-order valence-electron chi connectivity index (χ0n) is 9.37. The SMILES string of the molecule is O=C(N[C@@H]1CCCNC1)c1ccc(O)cc1F. The van der Waals surface area contributed by atoms with Crippen LogP contribution in [0.15, 0.2) is 18.2 Å². The quantitative estimate of drug-likeness (QED) is 0.720. The van der Waals surface area contributed by atoms with Crippen molar-refractivity contribution >= 4 is 5.91 Å². The van der Waals surface area contributed by atoms with Crippen molar-refractivity contribution < 1.29 is 14.3 Å². The fourth-order valence-electron chi connectivity index (χ4n) is 1.93. The summed E-state index contributed by atoms with van der Waals surface area (Å²) < 4.78 is 13.4. The Hall–Kier alpha value is -1.62. The summed E-state index contributed by atoms with van der Waals surface area (Å²) in [6.07, 6.45) is 1.90. The number of carbonyl (C=O) groups is 1. The van der Waals surface area contributed by atoms with Gasteiger partial charge in [0.05, 0.1) is 5.56 Å². The van der Waals surface area contributed by atoms with Crippen LogP contribution in [0.5, 0.6) is 5.75 Å². The molecule has 1 aromatic carbocycles. The van der Waals surface area contributed by atoms with Crippen molar-refractivity contribution in [3.05, 3.63) is 29.6 Å². The largest absolute Gasteiger partial charge is 0.508 e. The lowest BCUT2D eigenvalue weighted by Gasteiger charge is -2.23. The summed E-state index contributed by atoms with van der Waals surface area (Å²) in [7, 11) is 0. The van der Waals surface area contributed by atoms with Crippen molar-refractivity contribution in [2.24, 2.45) is 0 Å². The molecule has 1 fully saturated rings. The number of amides is 1. The number of piperidine rings is 1. The van der Waals surface area contributed by atoms with Gasteiger partial charge in [0.2, 0.25) is 0 Å². The standard InChI is InChI=1S/C12H15FN2O2/c13-11-6-9(16)3-4-10(11)12(17)15-8-2-1-5-14-7-8/h3-4,6,8,14,16H,1-2,5,7H2,(H,15,17)/t8-/m1/s1. The molecule has 0 aliphatic carbocycles. The van der Waals surface area contributed by atoms with Crippen LogP contribution in [0, 0.1) is 5.82 Å². The molecule has 5 heteroatoms. The molecule has 1 aromatic rings. The first-order chi connectivity index (χ1) is 8.16. The lowest BCUT2D eigenvalue weighted by Crippen LogP contribution is -2.45. The van der Waals surface area contributed by atoms with Crippen molar-refractivity contribution in [1.29, 1.82) is 0 Å². The Morgan fingerprint density at radius 2 is 2.35 bits per heavy atom. The molecule has 0 unspecified atom stereocenters. The van der Waals surface area contributed by atoms with E-state index in [0.29, 0.717) is 6.54 Å². The lowest BCUT2D eigenvalue weighted by atomic mass is 10.1. The molecular formula is C12H15FN2O2. The monoisotopic (exact) mass is 238 g/mol. The highest BCUT2D eigenvalue weighted by Crippen LogP contribution is 2.15. The molecule has 4 nitrogen and oxygen atoms in total. The molecule has 3 N–H and O–H groups in total. The van der Waals surface area contributed by atoms with Gasteiger partial charge in [-0.25, -0.2) is 4.39 Å². The Balaban J connectivity index is 2.03. The first-order valence-electron chi connectivity index (χ1n) is 5.67. The summed E-state index contributed by atoms with van der Waals surface area (Å²) in [5.41, 5.74) is -0.0339. The van der Waals surface area contributed by atoms with Crippen molar-refractivity contribution in [2.45, 2.75) is 18.9 Å². The average Bonchev–Trinajstić information content (AvgIpc) is 2.30. The first kappa shape index (κ1) is 11.9. The van der Waals surface area contributed by atoms with Gasteiger partial charge in [-0.15, -0.1) is 0 Å². The molecule has 1 aliphatic rings. The fraction of sp³-hybridized carbons (Fsp3) is 0.417. The van der Waals surface area contributed by atoms with E-state index in [-0.39, 0.29) is 17.4 Å². The molecule has 92 valence electrons. The molecule has 1 amide bonds. The Labute approximate surface area is 98.8 Å². The molecule has 0 spiro atoms. The van der Waals surface area contributed by atoms with Crippen LogP contribution in [-0.2, 0) is 0 Å². The van der Waals surface area contributed by atoms with Crippen LogP contribution >= 0.6 is 0 Å². The van der Waals surface area contributed by atoms with E-state index in [1.165, 1.54) is 12.1 Å². The highest BCUT2D eigenvalue weighted by molar-refractivity contribution is 5.94. The number of phenolic OH excluding ortho intramolecular Hbond substituents is 1. The van der Waals surface area contributed by atoms with Gasteiger partial charge >= 0.3 is 0 Å². The number of benzene rings is 1. The predicted octanol–water partition coefficient (Wildman–Crippen LogP) is 1.01. The van der Waals surface area contributed by atoms with Crippen LogP contribution in [-0.4, -0.2) is 30.1 Å². The minimum absolute atomic E-state index is 0.0339. The summed E-state index contributed by atoms with van der Waals surface area (Å²) in [4.78, 5) is 11.8. The molecular weight excluding hydrogens is 223 g/mol. The van der Waals surface area contributed by atoms with Gasteiger partial charge in [-0.1, -0.05) is 0 Å². The van der Waals surface area contributed by atoms with E-state index in [1.807, 2.05) is 0 Å². The van der Waals surface area contributed by atoms with E-state index in [2.05, 4.69) is 10.6 Å². The molecule has 2 rings (SSSR count). The van der Waals surface area contributed by atoms with E-state index < -0.39 is 11.7 Å². The second-order valence-electron chi connectivity index (χ2n) is 4.18. The van der Waals surface area contributed by atoms with Gasteiger partial charge in [0.15, 0.2) is 0 Å². The number of hydrogen-bond donors (Lipinski definition) is 3. The Morgan fingerprint density at radius 3 is 3.00 bits per heavy atom. The highest BCUT2D eigenvalue weighted by atomic mass is 19.1. The number of hydrogen-bond acceptors (Lipinski definition) is 3. The normalized spacial score (nSPS) is 19.9. The second-order valence-corrected chi connectivity index (χ2v) is 4.18. The maximum absolute atomic E-state index is 13.4. The number of halogens is 1. The molecule has 0 bridgehead atoms. The number of rotatable bonds is 2. The Morgan fingerprint density at radius 1 is 1.53 bits per heavy atom. The van der Waals surface area contributed by atoms with E-state index in [9.17, 15) is 9.18 Å². The van der Waals surface area contributed by atoms with Gasteiger partial charge in [-0.05, 0) is 31.5 Å². The molecule has 1 heterocycles. The number of aromatic hydroxyl groups is 1. The van der Waals surface area contributed by atoms with Crippen LogP contribution in [0.3, 0.4) is 0 Å². The van der Waals surface area contributed by atoms with Crippen LogP contribution in [0.4, 0.5) is 4.39 Å². The molecule has 1 aliphatic heterocycles. The van der Waals surface area contributed by atoms with E-state index in [0.717, 1.165) is 25.5 Å². The summed E-state index contributed by atoms with van der Waals surface area (Å²) in [6.45, 7) is 1.67.